The van der Waals surface area contributed by atoms with Crippen molar-refractivity contribution in [2.24, 2.45) is 0 Å². The molecule has 0 bridgehead atoms. The lowest BCUT2D eigenvalue weighted by molar-refractivity contribution is -0.134. The van der Waals surface area contributed by atoms with E-state index in [0.29, 0.717) is 0 Å². The van der Waals surface area contributed by atoms with Crippen molar-refractivity contribution in [3.63, 3.8) is 0 Å². The summed E-state index contributed by atoms with van der Waals surface area (Å²) in [6, 6.07) is 4.83. The summed E-state index contributed by atoms with van der Waals surface area (Å²) < 4.78 is 0. The Balaban J connectivity index is 4.69. The second kappa shape index (κ2) is 18.4. The average molecular weight is 485 g/mol. The van der Waals surface area contributed by atoms with E-state index in [1.54, 1.807) is 0 Å². The van der Waals surface area contributed by atoms with Gasteiger partial charge in [0.05, 0.1) is 25.3 Å². The molecule has 0 rings (SSSR count). The zero-order valence-corrected chi connectivity index (χ0v) is 20.8. The number of rotatable bonds is 21. The molecule has 0 spiro atoms. The van der Waals surface area contributed by atoms with Gasteiger partial charge in [0.1, 0.15) is 0 Å². The number of unbranched alkanes of at least 4 members (excludes halogenated alkanes) is 1. The lowest BCUT2D eigenvalue weighted by atomic mass is 10.4. The Kier molecular flexibility index (Phi) is 18.2. The topological polar surface area (TPSA) is 112 Å². The van der Waals surface area contributed by atoms with Crippen LogP contribution >= 0.6 is 35.3 Å². The quantitative estimate of drug-likeness (QED) is 0.155. The van der Waals surface area contributed by atoms with Crippen molar-refractivity contribution in [3.8, 4) is 0 Å². The maximum atomic E-state index is 10.7. The lowest BCUT2D eigenvalue weighted by Gasteiger charge is -2.32. The molecule has 0 aliphatic rings. The van der Waals surface area contributed by atoms with Gasteiger partial charge in [-0.1, -0.05) is 43.9 Å². The minimum absolute atomic E-state index is 0.154. The Morgan fingerprint density at radius 3 is 1.21 bits per heavy atom. The first-order valence-corrected chi connectivity index (χ1v) is 16.5. The van der Waals surface area contributed by atoms with E-state index in [1.165, 1.54) is 65.9 Å². The van der Waals surface area contributed by atoms with Gasteiger partial charge in [0, 0.05) is 0 Å². The molecule has 0 unspecified atom stereocenters. The fourth-order valence-electron chi connectivity index (χ4n) is 3.43. The summed E-state index contributed by atoms with van der Waals surface area (Å²) in [5.74, 6) is 0.767. The van der Waals surface area contributed by atoms with Crippen LogP contribution in [-0.4, -0.2) is 75.8 Å². The molecule has 0 saturated heterocycles. The van der Waals surface area contributed by atoms with Crippen molar-refractivity contribution < 1.29 is 29.7 Å². The van der Waals surface area contributed by atoms with E-state index in [9.17, 15) is 14.4 Å². The van der Waals surface area contributed by atoms with E-state index < -0.39 is 26.0 Å². The van der Waals surface area contributed by atoms with Crippen LogP contribution in [0.15, 0.2) is 0 Å². The molecule has 0 radical (unpaired) electrons. The van der Waals surface area contributed by atoms with Gasteiger partial charge >= 0.3 is 17.9 Å². The monoisotopic (exact) mass is 484 g/mol. The lowest BCUT2D eigenvalue weighted by Crippen LogP contribution is -2.34. The maximum Gasteiger partial charge on any atom is 0.313 e. The van der Waals surface area contributed by atoms with Gasteiger partial charge in [-0.3, -0.25) is 14.4 Å². The first-order chi connectivity index (χ1) is 13.8. The molecule has 0 aliphatic carbocycles. The second-order valence-corrected chi connectivity index (χ2v) is 15.6. The number of hydrogen-bond donors (Lipinski definition) is 3. The normalized spacial score (nSPS) is 11.5. The van der Waals surface area contributed by atoms with Gasteiger partial charge in [-0.15, -0.1) is 0 Å². The molecule has 170 valence electrons. The number of carboxylic acid groups (broad SMARTS) is 3. The first kappa shape index (κ1) is 28.7. The van der Waals surface area contributed by atoms with Crippen LogP contribution in [0.5, 0.6) is 0 Å². The number of carbonyl (C=O) groups is 3. The van der Waals surface area contributed by atoms with Gasteiger partial charge in [0.2, 0.25) is 0 Å². The van der Waals surface area contributed by atoms with Crippen molar-refractivity contribution in [3.05, 3.63) is 0 Å². The van der Waals surface area contributed by atoms with Gasteiger partial charge in [0.15, 0.2) is 0 Å². The van der Waals surface area contributed by atoms with Crippen molar-refractivity contribution in [2.45, 2.75) is 63.2 Å². The first-order valence-electron chi connectivity index (χ1n) is 10.2. The van der Waals surface area contributed by atoms with E-state index in [2.05, 4.69) is 6.92 Å². The van der Waals surface area contributed by atoms with Crippen LogP contribution in [0.1, 0.15) is 39.0 Å². The van der Waals surface area contributed by atoms with Crippen LogP contribution < -0.4 is 0 Å². The molecule has 0 fully saturated rings. The zero-order chi connectivity index (χ0) is 22.0. The molecule has 0 saturated carbocycles. The largest absolute Gasteiger partial charge is 0.481 e. The van der Waals surface area contributed by atoms with E-state index in [0.717, 1.165) is 42.9 Å². The molecule has 6 nitrogen and oxygen atoms in total. The third-order valence-corrected chi connectivity index (χ3v) is 13.5. The molecule has 10 heteroatoms. The Morgan fingerprint density at radius 1 is 0.621 bits per heavy atom. The molecule has 3 N–H and O–H groups in total. The number of hydrogen-bond acceptors (Lipinski definition) is 6. The summed E-state index contributed by atoms with van der Waals surface area (Å²) in [6.07, 6.45) is 5.48. The van der Waals surface area contributed by atoms with Gasteiger partial charge in [-0.25, -0.2) is 0 Å². The summed E-state index contributed by atoms with van der Waals surface area (Å²) in [5.41, 5.74) is 0. The highest BCUT2D eigenvalue weighted by Gasteiger charge is 2.30. The molecule has 0 aromatic heterocycles. The molecule has 0 aromatic carbocycles. The standard InChI is InChI=1S/C19H36O6S3Si/c1-2-3-10-29(11-4-7-26-14-17(20)21,12-5-8-27-15-18(22)23)13-6-9-28-16-19(24)25/h2-16H2,1H3,(H,20,21)(H,22,23)(H,24,25). The van der Waals surface area contributed by atoms with Crippen molar-refractivity contribution in [2.75, 3.05) is 34.5 Å². The predicted octanol–water partition coefficient (Wildman–Crippen LogP) is 4.86. The molecule has 0 aliphatic heterocycles. The van der Waals surface area contributed by atoms with Crippen LogP contribution in [0.2, 0.25) is 24.2 Å². The Morgan fingerprint density at radius 2 is 0.931 bits per heavy atom. The Hall–Kier alpha value is -0.323. The van der Waals surface area contributed by atoms with Crippen molar-refractivity contribution in [1.29, 1.82) is 0 Å². The summed E-state index contributed by atoms with van der Waals surface area (Å²) in [4.78, 5) is 32.1. The number of aliphatic carboxylic acids is 3. The third-order valence-electron chi connectivity index (χ3n) is 4.72. The highest BCUT2D eigenvalue weighted by molar-refractivity contribution is 8.00. The van der Waals surface area contributed by atoms with Crippen molar-refractivity contribution in [1.82, 2.24) is 0 Å². The van der Waals surface area contributed by atoms with Crippen LogP contribution in [0.3, 0.4) is 0 Å². The minimum Gasteiger partial charge on any atom is -0.481 e. The molecule has 29 heavy (non-hydrogen) atoms. The Bertz CT molecular complexity index is 419. The number of thioether (sulfide) groups is 3. The molecule has 0 heterocycles. The van der Waals surface area contributed by atoms with E-state index in [-0.39, 0.29) is 17.3 Å². The predicted molar refractivity (Wildman–Crippen MR) is 129 cm³/mol. The fraction of sp³-hybridized carbons (Fsp3) is 0.842. The molecule has 0 atom stereocenters. The van der Waals surface area contributed by atoms with Crippen LogP contribution in [0.4, 0.5) is 0 Å². The average Bonchev–Trinajstić information content (AvgIpc) is 2.64. The molecule has 0 amide bonds. The van der Waals surface area contributed by atoms with Gasteiger partial charge in [0.25, 0.3) is 0 Å². The second-order valence-electron chi connectivity index (χ2n) is 7.25. The summed E-state index contributed by atoms with van der Waals surface area (Å²) in [6.45, 7) is 2.20. The summed E-state index contributed by atoms with van der Waals surface area (Å²) in [7, 11) is -1.53. The van der Waals surface area contributed by atoms with Crippen LogP contribution in [0.25, 0.3) is 0 Å². The van der Waals surface area contributed by atoms with E-state index in [1.807, 2.05) is 0 Å². The minimum atomic E-state index is -1.53. The van der Waals surface area contributed by atoms with E-state index >= 15 is 0 Å². The summed E-state index contributed by atoms with van der Waals surface area (Å²) >= 11 is 4.44. The molecule has 0 aromatic rings. The van der Waals surface area contributed by atoms with Gasteiger partial charge in [-0.05, 0) is 36.5 Å². The zero-order valence-electron chi connectivity index (χ0n) is 17.4. The van der Waals surface area contributed by atoms with E-state index in [4.69, 9.17) is 15.3 Å². The molecular weight excluding hydrogens is 448 g/mol. The Labute approximate surface area is 188 Å². The molecular formula is C19H36O6S3Si. The van der Waals surface area contributed by atoms with Crippen molar-refractivity contribution >= 4 is 61.3 Å². The van der Waals surface area contributed by atoms with Gasteiger partial charge < -0.3 is 15.3 Å². The number of carboxylic acids is 3. The van der Waals surface area contributed by atoms with Gasteiger partial charge in [-0.2, -0.15) is 35.3 Å². The SMILES string of the molecule is CCCC[Si](CCCSCC(=O)O)(CCCSCC(=O)O)CCCSCC(=O)O. The third kappa shape index (κ3) is 18.2. The fourth-order valence-corrected chi connectivity index (χ4v) is 11.6. The maximum absolute atomic E-state index is 10.7. The van der Waals surface area contributed by atoms with Crippen LogP contribution in [-0.2, 0) is 14.4 Å². The van der Waals surface area contributed by atoms with Crippen LogP contribution in [0, 0.1) is 0 Å². The summed E-state index contributed by atoms with van der Waals surface area (Å²) in [5, 5.41) is 26.4. The highest BCUT2D eigenvalue weighted by atomic mass is 32.2. The highest BCUT2D eigenvalue weighted by Crippen LogP contribution is 2.34. The smallest absolute Gasteiger partial charge is 0.313 e.